The number of hydrogen-bond acceptors (Lipinski definition) is 4. The van der Waals surface area contributed by atoms with Crippen LogP contribution in [0.1, 0.15) is 37.5 Å². The van der Waals surface area contributed by atoms with Crippen LogP contribution in [0.25, 0.3) is 0 Å². The van der Waals surface area contributed by atoms with Crippen LogP contribution in [0.4, 0.5) is 0 Å². The molecule has 0 bridgehead atoms. The monoisotopic (exact) mass is 307 g/mol. The van der Waals surface area contributed by atoms with Crippen molar-refractivity contribution in [3.63, 3.8) is 0 Å². The average molecular weight is 307 g/mol. The predicted molar refractivity (Wildman–Crippen MR) is 81.3 cm³/mol. The maximum atomic E-state index is 11.7. The minimum Gasteiger partial charge on any atom is -0.387 e. The number of rotatable bonds is 4. The number of sulfone groups is 1. The van der Waals surface area contributed by atoms with E-state index in [0.717, 1.165) is 6.42 Å². The Morgan fingerprint density at radius 2 is 1.95 bits per heavy atom. The zero-order valence-corrected chi connectivity index (χ0v) is 13.2. The molecule has 0 aromatic heterocycles. The zero-order valence-electron chi connectivity index (χ0n) is 12.4. The van der Waals surface area contributed by atoms with E-state index in [-0.39, 0.29) is 17.9 Å². The molecule has 21 heavy (non-hydrogen) atoms. The van der Waals surface area contributed by atoms with Crippen molar-refractivity contribution in [2.24, 2.45) is 11.3 Å². The molecule has 4 nitrogen and oxygen atoms in total. The van der Waals surface area contributed by atoms with Gasteiger partial charge in [0.2, 0.25) is 0 Å². The highest BCUT2D eigenvalue weighted by Gasteiger charge is 2.48. The third-order valence-corrected chi connectivity index (χ3v) is 5.80. The minimum atomic E-state index is -3.23. The van der Waals surface area contributed by atoms with Crippen LogP contribution in [-0.4, -0.2) is 25.0 Å². The molecule has 0 spiro atoms. The van der Waals surface area contributed by atoms with Gasteiger partial charge in [0.15, 0.2) is 9.84 Å². The van der Waals surface area contributed by atoms with E-state index in [1.54, 1.807) is 12.1 Å². The normalized spacial score (nSPS) is 25.7. The Kier molecular flexibility index (Phi) is 4.40. The van der Waals surface area contributed by atoms with Crippen LogP contribution in [0, 0.1) is 22.7 Å². The summed E-state index contributed by atoms with van der Waals surface area (Å²) >= 11 is 0. The summed E-state index contributed by atoms with van der Waals surface area (Å²) in [5.74, 6) is 0.264. The van der Waals surface area contributed by atoms with Gasteiger partial charge < -0.3 is 5.11 Å². The highest BCUT2D eigenvalue weighted by Crippen LogP contribution is 2.42. The summed E-state index contributed by atoms with van der Waals surface area (Å²) in [4.78, 5) is 0. The molecule has 1 aromatic carbocycles. The second-order valence-corrected chi connectivity index (χ2v) is 8.54. The lowest BCUT2D eigenvalue weighted by Crippen LogP contribution is -2.28. The Morgan fingerprint density at radius 3 is 2.38 bits per heavy atom. The lowest BCUT2D eigenvalue weighted by atomic mass is 9.79. The molecular weight excluding hydrogens is 286 g/mol. The summed E-state index contributed by atoms with van der Waals surface area (Å²) in [6.45, 7) is 4.27. The second-order valence-electron chi connectivity index (χ2n) is 6.35. The highest BCUT2D eigenvalue weighted by atomic mass is 32.2. The molecule has 0 amide bonds. The van der Waals surface area contributed by atoms with Gasteiger partial charge in [-0.15, -0.1) is 0 Å². The number of nitriles is 1. The van der Waals surface area contributed by atoms with Gasteiger partial charge >= 0.3 is 0 Å². The Labute approximate surface area is 126 Å². The van der Waals surface area contributed by atoms with Crippen molar-refractivity contribution in [2.45, 2.75) is 32.8 Å². The molecular formula is C16H21NO3S. The van der Waals surface area contributed by atoms with Gasteiger partial charge in [0, 0.05) is 0 Å². The quantitative estimate of drug-likeness (QED) is 0.925. The van der Waals surface area contributed by atoms with Gasteiger partial charge in [-0.1, -0.05) is 38.1 Å². The van der Waals surface area contributed by atoms with E-state index in [0.29, 0.717) is 11.5 Å². The SMILES string of the molecule is CC(C)Cc1ccc(C(O)C2(C#N)CCS(=O)(=O)C2)cc1. The average Bonchev–Trinajstić information content (AvgIpc) is 2.75. The van der Waals surface area contributed by atoms with Crippen LogP contribution in [0.15, 0.2) is 24.3 Å². The molecule has 1 heterocycles. The number of benzene rings is 1. The van der Waals surface area contributed by atoms with E-state index in [1.165, 1.54) is 5.56 Å². The van der Waals surface area contributed by atoms with Gasteiger partial charge in [-0.2, -0.15) is 5.26 Å². The summed E-state index contributed by atoms with van der Waals surface area (Å²) < 4.78 is 23.3. The van der Waals surface area contributed by atoms with E-state index in [4.69, 9.17) is 0 Å². The molecule has 114 valence electrons. The number of hydrogen-bond donors (Lipinski definition) is 1. The molecule has 0 radical (unpaired) electrons. The standard InChI is InChI=1S/C16H21NO3S/c1-12(2)9-13-3-5-14(6-4-13)15(18)16(10-17)7-8-21(19,20)11-16/h3-6,12,15,18H,7-9,11H2,1-2H3. The Morgan fingerprint density at radius 1 is 1.33 bits per heavy atom. The fourth-order valence-corrected chi connectivity index (χ4v) is 4.84. The lowest BCUT2D eigenvalue weighted by molar-refractivity contribution is 0.0793. The number of aliphatic hydroxyl groups excluding tert-OH is 1. The predicted octanol–water partition coefficient (Wildman–Crippen LogP) is 2.25. The van der Waals surface area contributed by atoms with Crippen molar-refractivity contribution in [3.8, 4) is 6.07 Å². The van der Waals surface area contributed by atoms with Crippen molar-refractivity contribution >= 4 is 9.84 Å². The van der Waals surface area contributed by atoms with Gasteiger partial charge in [0.1, 0.15) is 5.41 Å². The van der Waals surface area contributed by atoms with Gasteiger partial charge in [0.25, 0.3) is 0 Å². The fraction of sp³-hybridized carbons (Fsp3) is 0.562. The third kappa shape index (κ3) is 3.45. The molecule has 2 atom stereocenters. The van der Waals surface area contributed by atoms with Crippen LogP contribution >= 0.6 is 0 Å². The second kappa shape index (κ2) is 5.78. The molecule has 1 aliphatic heterocycles. The smallest absolute Gasteiger partial charge is 0.152 e. The van der Waals surface area contributed by atoms with Crippen LogP contribution in [0.2, 0.25) is 0 Å². The maximum absolute atomic E-state index is 11.7. The molecule has 2 unspecified atom stereocenters. The van der Waals surface area contributed by atoms with Crippen molar-refractivity contribution in [2.75, 3.05) is 11.5 Å². The topological polar surface area (TPSA) is 78.2 Å². The molecule has 2 rings (SSSR count). The summed E-state index contributed by atoms with van der Waals surface area (Å²) in [7, 11) is -3.23. The van der Waals surface area contributed by atoms with Gasteiger partial charge in [-0.05, 0) is 29.9 Å². The molecule has 1 saturated heterocycles. The fourth-order valence-electron chi connectivity index (χ4n) is 2.87. The Bertz CT molecular complexity index is 643. The van der Waals surface area contributed by atoms with Gasteiger partial charge in [-0.3, -0.25) is 0 Å². The minimum absolute atomic E-state index is 0.0247. The van der Waals surface area contributed by atoms with Crippen LogP contribution in [0.5, 0.6) is 0 Å². The summed E-state index contributed by atoms with van der Waals surface area (Å²) in [5, 5.41) is 19.9. The third-order valence-electron chi connectivity index (χ3n) is 4.02. The van der Waals surface area contributed by atoms with Crippen molar-refractivity contribution < 1.29 is 13.5 Å². The zero-order chi connectivity index (χ0) is 15.7. The van der Waals surface area contributed by atoms with Crippen LogP contribution in [0.3, 0.4) is 0 Å². The van der Waals surface area contributed by atoms with Crippen molar-refractivity contribution in [1.82, 2.24) is 0 Å². The van der Waals surface area contributed by atoms with Crippen molar-refractivity contribution in [3.05, 3.63) is 35.4 Å². The van der Waals surface area contributed by atoms with E-state index >= 15 is 0 Å². The number of aliphatic hydroxyl groups is 1. The Hall–Kier alpha value is -1.38. The molecule has 1 N–H and O–H groups in total. The van der Waals surface area contributed by atoms with E-state index in [1.807, 2.05) is 18.2 Å². The molecule has 0 saturated carbocycles. The van der Waals surface area contributed by atoms with Gasteiger partial charge in [-0.25, -0.2) is 8.42 Å². The van der Waals surface area contributed by atoms with E-state index < -0.39 is 21.4 Å². The van der Waals surface area contributed by atoms with Gasteiger partial charge in [0.05, 0.1) is 23.7 Å². The number of nitrogens with zero attached hydrogens (tertiary/aromatic N) is 1. The first-order chi connectivity index (χ1) is 9.78. The molecule has 0 aliphatic carbocycles. The van der Waals surface area contributed by atoms with E-state index in [9.17, 15) is 18.8 Å². The summed E-state index contributed by atoms with van der Waals surface area (Å²) in [6.07, 6.45) is 0.0856. The van der Waals surface area contributed by atoms with Crippen LogP contribution < -0.4 is 0 Å². The maximum Gasteiger partial charge on any atom is 0.152 e. The molecule has 5 heteroatoms. The largest absolute Gasteiger partial charge is 0.387 e. The first-order valence-electron chi connectivity index (χ1n) is 7.16. The van der Waals surface area contributed by atoms with Crippen molar-refractivity contribution in [1.29, 1.82) is 5.26 Å². The molecule has 1 aromatic rings. The van der Waals surface area contributed by atoms with Crippen LogP contribution in [-0.2, 0) is 16.3 Å². The first-order valence-corrected chi connectivity index (χ1v) is 8.99. The van der Waals surface area contributed by atoms with E-state index in [2.05, 4.69) is 13.8 Å². The Balaban J connectivity index is 2.23. The molecule has 1 aliphatic rings. The summed E-state index contributed by atoms with van der Waals surface area (Å²) in [6, 6.07) is 9.52. The summed E-state index contributed by atoms with van der Waals surface area (Å²) in [5.41, 5.74) is 0.574. The lowest BCUT2D eigenvalue weighted by Gasteiger charge is -2.26. The first kappa shape index (κ1) is 16.0. The molecule has 1 fully saturated rings. The highest BCUT2D eigenvalue weighted by molar-refractivity contribution is 7.91.